The fraction of sp³-hybridized carbons (Fsp3) is 0.714. The normalized spacial score (nSPS) is 11.3. The molecule has 0 aromatic rings. The maximum Gasteiger partial charge on any atom is 0.203 e. The van der Waals surface area contributed by atoms with Gasteiger partial charge in [0.15, 0.2) is 0 Å². The predicted octanol–water partition coefficient (Wildman–Crippen LogP) is 0.686. The van der Waals surface area contributed by atoms with Gasteiger partial charge < -0.3 is 9.84 Å². The molecule has 1 atom stereocenters. The summed E-state index contributed by atoms with van der Waals surface area (Å²) in [7, 11) is 0. The molecule has 0 saturated carbocycles. The number of azide groups is 1. The summed E-state index contributed by atoms with van der Waals surface area (Å²) in [5, 5.41) is 12.3. The minimum Gasteiger partial charge on any atom is -0.478 e. The van der Waals surface area contributed by atoms with Crippen molar-refractivity contribution in [1.29, 1.82) is 0 Å². The highest BCUT2D eigenvalue weighted by Gasteiger charge is 2.02. The van der Waals surface area contributed by atoms with E-state index in [1.807, 2.05) is 6.92 Å². The van der Waals surface area contributed by atoms with Gasteiger partial charge in [0.2, 0.25) is 5.88 Å². The van der Waals surface area contributed by atoms with Crippen LogP contribution in [0.4, 0.5) is 0 Å². The lowest BCUT2D eigenvalue weighted by molar-refractivity contribution is -0.0272. The van der Waals surface area contributed by atoms with Gasteiger partial charge in [-0.2, -0.15) is 0 Å². The second kappa shape index (κ2) is 8.18. The molecule has 7 heteroatoms. The Morgan fingerprint density at radius 2 is 2.50 bits per heavy atom. The van der Waals surface area contributed by atoms with Crippen LogP contribution in [-0.2, 0) is 9.57 Å². The fourth-order valence-corrected chi connectivity index (χ4v) is 0.606. The summed E-state index contributed by atoms with van der Waals surface area (Å²) in [5.41, 5.74) is 10.3. The molecule has 80 valence electrons. The van der Waals surface area contributed by atoms with Crippen molar-refractivity contribution < 1.29 is 14.7 Å². The molecular formula is C7H14N4O3. The molecule has 0 spiro atoms. The first-order valence-corrected chi connectivity index (χ1v) is 4.09. The van der Waals surface area contributed by atoms with E-state index in [1.165, 1.54) is 0 Å². The summed E-state index contributed by atoms with van der Waals surface area (Å²) < 4.78 is 4.91. The monoisotopic (exact) mass is 202 g/mol. The van der Waals surface area contributed by atoms with Gasteiger partial charge in [0.25, 0.3) is 0 Å². The molecule has 0 aliphatic heterocycles. The molecule has 0 aromatic heterocycles. The van der Waals surface area contributed by atoms with Crippen molar-refractivity contribution in [2.75, 3.05) is 19.8 Å². The predicted molar refractivity (Wildman–Crippen MR) is 49.9 cm³/mol. The third-order valence-electron chi connectivity index (χ3n) is 1.14. The van der Waals surface area contributed by atoms with Gasteiger partial charge in [-0.3, -0.25) is 4.84 Å². The van der Waals surface area contributed by atoms with Crippen LogP contribution < -0.4 is 5.48 Å². The lowest BCUT2D eigenvalue weighted by Crippen LogP contribution is -2.25. The Morgan fingerprint density at radius 1 is 1.79 bits per heavy atom. The number of aliphatic hydroxyl groups excluding tert-OH is 1. The molecule has 14 heavy (non-hydrogen) atoms. The van der Waals surface area contributed by atoms with Crippen LogP contribution in [0.25, 0.3) is 10.4 Å². The van der Waals surface area contributed by atoms with Gasteiger partial charge in [-0.25, -0.2) is 5.48 Å². The fourth-order valence-electron chi connectivity index (χ4n) is 0.606. The standard InChI is InChI=1S/C7H14N4O3/c1-3-13-6(2)10-14-5-7(12)4-9-11-8/h7,10,12H,2-5H2,1H3. The third-order valence-corrected chi connectivity index (χ3v) is 1.14. The molecule has 0 radical (unpaired) electrons. The number of nitrogens with one attached hydrogen (secondary N) is 1. The van der Waals surface area contributed by atoms with Crippen molar-refractivity contribution in [1.82, 2.24) is 5.48 Å². The SMILES string of the molecule is C=C(NOCC(O)CN=[N+]=[N-])OCC. The Kier molecular flexibility index (Phi) is 7.35. The summed E-state index contributed by atoms with van der Waals surface area (Å²) in [6.45, 7) is 5.74. The van der Waals surface area contributed by atoms with Crippen molar-refractivity contribution in [2.45, 2.75) is 13.0 Å². The van der Waals surface area contributed by atoms with Crippen LogP contribution in [0.3, 0.4) is 0 Å². The molecular weight excluding hydrogens is 188 g/mol. The van der Waals surface area contributed by atoms with Crippen molar-refractivity contribution in [3.05, 3.63) is 22.9 Å². The largest absolute Gasteiger partial charge is 0.478 e. The van der Waals surface area contributed by atoms with Crippen LogP contribution in [0.5, 0.6) is 0 Å². The molecule has 0 heterocycles. The molecule has 1 unspecified atom stereocenters. The molecule has 0 fully saturated rings. The van der Waals surface area contributed by atoms with E-state index in [4.69, 9.17) is 20.2 Å². The molecule has 2 N–H and O–H groups in total. The Morgan fingerprint density at radius 3 is 3.07 bits per heavy atom. The topological polar surface area (TPSA) is 99.5 Å². The van der Waals surface area contributed by atoms with Crippen LogP contribution in [0.15, 0.2) is 17.6 Å². The molecule has 0 bridgehead atoms. The highest BCUT2D eigenvalue weighted by Crippen LogP contribution is 1.90. The number of rotatable bonds is 8. The van der Waals surface area contributed by atoms with E-state index >= 15 is 0 Å². The highest BCUT2D eigenvalue weighted by molar-refractivity contribution is 4.73. The van der Waals surface area contributed by atoms with Gasteiger partial charge in [-0.1, -0.05) is 5.11 Å². The summed E-state index contributed by atoms with van der Waals surface area (Å²) in [5.74, 6) is 0.267. The Hall–Kier alpha value is -1.43. The van der Waals surface area contributed by atoms with E-state index < -0.39 is 6.10 Å². The summed E-state index contributed by atoms with van der Waals surface area (Å²) >= 11 is 0. The maximum atomic E-state index is 9.12. The van der Waals surface area contributed by atoms with E-state index in [9.17, 15) is 0 Å². The first-order valence-electron chi connectivity index (χ1n) is 4.09. The molecule has 7 nitrogen and oxygen atoms in total. The number of aliphatic hydroxyl groups is 1. The highest BCUT2D eigenvalue weighted by atomic mass is 16.7. The van der Waals surface area contributed by atoms with Gasteiger partial charge in [0.05, 0.1) is 19.3 Å². The smallest absolute Gasteiger partial charge is 0.203 e. The summed E-state index contributed by atoms with van der Waals surface area (Å²) in [6.07, 6.45) is -0.840. The summed E-state index contributed by atoms with van der Waals surface area (Å²) in [4.78, 5) is 7.29. The van der Waals surface area contributed by atoms with E-state index in [-0.39, 0.29) is 19.0 Å². The van der Waals surface area contributed by atoms with Crippen LogP contribution in [0.1, 0.15) is 6.92 Å². The third kappa shape index (κ3) is 7.23. The van der Waals surface area contributed by atoms with E-state index in [0.717, 1.165) is 0 Å². The average molecular weight is 202 g/mol. The second-order valence-corrected chi connectivity index (χ2v) is 2.34. The van der Waals surface area contributed by atoms with Gasteiger partial charge in [0.1, 0.15) is 6.61 Å². The lowest BCUT2D eigenvalue weighted by Gasteiger charge is -2.11. The molecule has 0 aromatic carbocycles. The van der Waals surface area contributed by atoms with Gasteiger partial charge >= 0.3 is 0 Å². The van der Waals surface area contributed by atoms with Crippen molar-refractivity contribution in [3.8, 4) is 0 Å². The number of nitrogens with zero attached hydrogens (tertiary/aromatic N) is 3. The van der Waals surface area contributed by atoms with E-state index in [1.54, 1.807) is 0 Å². The lowest BCUT2D eigenvalue weighted by atomic mass is 10.4. The minimum absolute atomic E-state index is 0.00882. The van der Waals surface area contributed by atoms with Crippen LogP contribution >= 0.6 is 0 Å². The Labute approximate surface area is 81.9 Å². The molecule has 0 aliphatic carbocycles. The van der Waals surface area contributed by atoms with Gasteiger partial charge in [-0.05, 0) is 19.0 Å². The van der Waals surface area contributed by atoms with Crippen LogP contribution in [0.2, 0.25) is 0 Å². The minimum atomic E-state index is -0.840. The van der Waals surface area contributed by atoms with E-state index in [2.05, 4.69) is 22.1 Å². The molecule has 0 aliphatic rings. The molecule has 0 saturated heterocycles. The number of hydrogen-bond donors (Lipinski definition) is 2. The van der Waals surface area contributed by atoms with Gasteiger partial charge in [0, 0.05) is 4.91 Å². The molecule has 0 amide bonds. The first-order chi connectivity index (χ1) is 6.70. The van der Waals surface area contributed by atoms with Crippen molar-refractivity contribution in [3.63, 3.8) is 0 Å². The summed E-state index contributed by atoms with van der Waals surface area (Å²) in [6, 6.07) is 0. The van der Waals surface area contributed by atoms with Crippen molar-refractivity contribution >= 4 is 0 Å². The maximum absolute atomic E-state index is 9.12. The van der Waals surface area contributed by atoms with E-state index in [0.29, 0.717) is 6.61 Å². The second-order valence-electron chi connectivity index (χ2n) is 2.34. The van der Waals surface area contributed by atoms with Gasteiger partial charge in [-0.15, -0.1) is 0 Å². The number of hydroxylamine groups is 1. The van der Waals surface area contributed by atoms with Crippen molar-refractivity contribution in [2.24, 2.45) is 5.11 Å². The average Bonchev–Trinajstić information content (AvgIpc) is 2.15. The zero-order chi connectivity index (χ0) is 10.8. The first kappa shape index (κ1) is 12.6. The Balaban J connectivity index is 3.43. The van der Waals surface area contributed by atoms with Crippen LogP contribution in [-0.4, -0.2) is 31.0 Å². The quantitative estimate of drug-likeness (QED) is 0.199. The zero-order valence-corrected chi connectivity index (χ0v) is 8.01. The Bertz CT molecular complexity index is 215. The van der Waals surface area contributed by atoms with Crippen LogP contribution in [0, 0.1) is 0 Å². The number of ether oxygens (including phenoxy) is 1. The number of hydrogen-bond acceptors (Lipinski definition) is 5. The zero-order valence-electron chi connectivity index (χ0n) is 8.01. The molecule has 0 rings (SSSR count).